The number of aryl methyl sites for hydroxylation is 2. The molecule has 0 saturated heterocycles. The van der Waals surface area contributed by atoms with E-state index >= 15 is 0 Å². The summed E-state index contributed by atoms with van der Waals surface area (Å²) in [5.41, 5.74) is 2.94. The topological polar surface area (TPSA) is 0 Å². The molecule has 0 radical (unpaired) electrons. The first-order valence-corrected chi connectivity index (χ1v) is 9.31. The zero-order valence-corrected chi connectivity index (χ0v) is 13.9. The van der Waals surface area contributed by atoms with Gasteiger partial charge in [0.05, 0.1) is 0 Å². The highest BCUT2D eigenvalue weighted by molar-refractivity contribution is 8.03. The third-order valence-corrected chi connectivity index (χ3v) is 5.66. The second kappa shape index (κ2) is 8.24. The minimum Gasteiger partial charge on any atom is -0.130 e. The van der Waals surface area contributed by atoms with Gasteiger partial charge in [0.1, 0.15) is 0 Å². The van der Waals surface area contributed by atoms with Crippen molar-refractivity contribution < 1.29 is 0 Å². The molecule has 0 atom stereocenters. The number of benzene rings is 2. The molecule has 1 aliphatic rings. The second-order valence-electron chi connectivity index (χ2n) is 5.99. The molecule has 1 heteroatoms. The smallest absolute Gasteiger partial charge is 0.00118 e. The van der Waals surface area contributed by atoms with Crippen molar-refractivity contribution in [3.8, 4) is 0 Å². The van der Waals surface area contributed by atoms with Crippen LogP contribution in [0, 0.1) is 5.92 Å². The minimum atomic E-state index is 0.730. The fraction of sp³-hybridized carbons (Fsp3) is 0.333. The van der Waals surface area contributed by atoms with Crippen LogP contribution in [0.4, 0.5) is 0 Å². The van der Waals surface area contributed by atoms with Gasteiger partial charge < -0.3 is 0 Å². The summed E-state index contributed by atoms with van der Waals surface area (Å²) >= 11 is 2.08. The zero-order chi connectivity index (χ0) is 15.0. The lowest BCUT2D eigenvalue weighted by Gasteiger charge is -2.18. The normalized spacial score (nSPS) is 14.3. The Labute approximate surface area is 138 Å². The largest absolute Gasteiger partial charge is 0.130 e. The first-order chi connectivity index (χ1) is 10.9. The quantitative estimate of drug-likeness (QED) is 0.614. The van der Waals surface area contributed by atoms with E-state index in [0.29, 0.717) is 0 Å². The maximum absolute atomic E-state index is 2.48. The van der Waals surface area contributed by atoms with Crippen molar-refractivity contribution >= 4 is 11.8 Å². The predicted octanol–water partition coefficient (Wildman–Crippen LogP) is 5.89. The van der Waals surface area contributed by atoms with Crippen LogP contribution in [0.2, 0.25) is 0 Å². The molecular weight excluding hydrogens is 284 g/mol. The molecule has 0 nitrogen and oxygen atoms in total. The van der Waals surface area contributed by atoms with Crippen molar-refractivity contribution in [2.24, 2.45) is 5.92 Å². The molecule has 2 aromatic rings. The van der Waals surface area contributed by atoms with Crippen LogP contribution >= 0.6 is 11.8 Å². The summed E-state index contributed by atoms with van der Waals surface area (Å²) in [5.74, 6) is 2.01. The molecule has 0 aromatic heterocycles. The monoisotopic (exact) mass is 308 g/mol. The number of hydrogen-bond acceptors (Lipinski definition) is 1. The zero-order valence-electron chi connectivity index (χ0n) is 13.1. The maximum Gasteiger partial charge on any atom is 0.00118 e. The van der Waals surface area contributed by atoms with E-state index in [9.17, 15) is 0 Å². The van der Waals surface area contributed by atoms with Crippen LogP contribution < -0.4 is 0 Å². The highest BCUT2D eigenvalue weighted by atomic mass is 32.2. The van der Waals surface area contributed by atoms with Crippen molar-refractivity contribution in [2.45, 2.75) is 32.1 Å². The Morgan fingerprint density at radius 3 is 1.77 bits per heavy atom. The van der Waals surface area contributed by atoms with Crippen molar-refractivity contribution in [1.82, 2.24) is 0 Å². The number of rotatable bonds is 7. The third kappa shape index (κ3) is 4.51. The van der Waals surface area contributed by atoms with Crippen molar-refractivity contribution in [3.63, 3.8) is 0 Å². The Hall–Kier alpha value is -1.47. The van der Waals surface area contributed by atoms with E-state index in [1.807, 2.05) is 0 Å². The van der Waals surface area contributed by atoms with Crippen LogP contribution in [0.25, 0.3) is 0 Å². The van der Waals surface area contributed by atoms with E-state index in [1.54, 1.807) is 4.91 Å². The Bertz CT molecular complexity index is 542. The van der Waals surface area contributed by atoms with Gasteiger partial charge in [-0.3, -0.25) is 0 Å². The Kier molecular flexibility index (Phi) is 5.78. The van der Waals surface area contributed by atoms with Crippen molar-refractivity contribution in [1.29, 1.82) is 0 Å². The highest BCUT2D eigenvalue weighted by Crippen LogP contribution is 2.36. The first kappa shape index (κ1) is 15.4. The molecular formula is C21H24S. The average Bonchev–Trinajstić information content (AvgIpc) is 3.11. The molecule has 1 heterocycles. The molecule has 0 amide bonds. The molecule has 1 aliphatic heterocycles. The molecule has 114 valence electrons. The van der Waals surface area contributed by atoms with Crippen LogP contribution in [0.1, 0.15) is 30.4 Å². The minimum absolute atomic E-state index is 0.730. The number of hydrogen-bond donors (Lipinski definition) is 0. The summed E-state index contributed by atoms with van der Waals surface area (Å²) < 4.78 is 0. The fourth-order valence-electron chi connectivity index (χ4n) is 3.12. The number of allylic oxidation sites excluding steroid dienone is 2. The van der Waals surface area contributed by atoms with Gasteiger partial charge in [-0.2, -0.15) is 0 Å². The Balaban J connectivity index is 1.60. The molecule has 0 spiro atoms. The standard InChI is InChI=1S/C21H24S/c1-3-8-18(9-4-1)13-15-20(21-12-7-17-22-21)16-14-19-10-5-2-6-11-19/h1-6,8-12,20H,7,13-17H2. The van der Waals surface area contributed by atoms with Crippen LogP contribution in [0.3, 0.4) is 0 Å². The summed E-state index contributed by atoms with van der Waals surface area (Å²) in [5, 5.41) is 0. The molecule has 0 fully saturated rings. The summed E-state index contributed by atoms with van der Waals surface area (Å²) in [6.07, 6.45) is 8.67. The van der Waals surface area contributed by atoms with Gasteiger partial charge in [-0.25, -0.2) is 0 Å². The van der Waals surface area contributed by atoms with Gasteiger partial charge in [-0.05, 0) is 54.1 Å². The van der Waals surface area contributed by atoms with Gasteiger partial charge in [0.15, 0.2) is 0 Å². The molecule has 22 heavy (non-hydrogen) atoms. The van der Waals surface area contributed by atoms with Gasteiger partial charge in [0, 0.05) is 5.75 Å². The van der Waals surface area contributed by atoms with Crippen LogP contribution in [0.5, 0.6) is 0 Å². The highest BCUT2D eigenvalue weighted by Gasteiger charge is 2.17. The predicted molar refractivity (Wildman–Crippen MR) is 98.2 cm³/mol. The van der Waals surface area contributed by atoms with E-state index in [4.69, 9.17) is 0 Å². The fourth-order valence-corrected chi connectivity index (χ4v) is 4.30. The lowest BCUT2D eigenvalue weighted by Crippen LogP contribution is -2.05. The van der Waals surface area contributed by atoms with Crippen molar-refractivity contribution in [3.05, 3.63) is 82.8 Å². The average molecular weight is 308 g/mol. The molecule has 0 N–H and O–H groups in total. The summed E-state index contributed by atoms with van der Waals surface area (Å²) in [6, 6.07) is 21.8. The number of thioether (sulfide) groups is 1. The van der Waals surface area contributed by atoms with Gasteiger partial charge in [-0.15, -0.1) is 11.8 Å². The van der Waals surface area contributed by atoms with E-state index in [1.165, 1.54) is 49.0 Å². The second-order valence-corrected chi connectivity index (χ2v) is 7.16. The van der Waals surface area contributed by atoms with Gasteiger partial charge >= 0.3 is 0 Å². The molecule has 0 aliphatic carbocycles. The van der Waals surface area contributed by atoms with E-state index in [-0.39, 0.29) is 0 Å². The van der Waals surface area contributed by atoms with Gasteiger partial charge in [0.25, 0.3) is 0 Å². The first-order valence-electron chi connectivity index (χ1n) is 8.32. The van der Waals surface area contributed by atoms with E-state index in [0.717, 1.165) is 5.92 Å². The Morgan fingerprint density at radius 1 is 0.773 bits per heavy atom. The molecule has 0 unspecified atom stereocenters. The van der Waals surface area contributed by atoms with Crippen LogP contribution in [-0.4, -0.2) is 5.75 Å². The summed E-state index contributed by atoms with van der Waals surface area (Å²) in [7, 11) is 0. The van der Waals surface area contributed by atoms with E-state index < -0.39 is 0 Å². The summed E-state index contributed by atoms with van der Waals surface area (Å²) in [6.45, 7) is 0. The molecule has 0 saturated carbocycles. The van der Waals surface area contributed by atoms with Crippen molar-refractivity contribution in [2.75, 3.05) is 5.75 Å². The van der Waals surface area contributed by atoms with Gasteiger partial charge in [-0.1, -0.05) is 66.7 Å². The third-order valence-electron chi connectivity index (χ3n) is 4.38. The lowest BCUT2D eigenvalue weighted by atomic mass is 9.92. The molecule has 3 rings (SSSR count). The molecule has 0 bridgehead atoms. The SMILES string of the molecule is C1=C(C(CCc2ccccc2)CCc2ccccc2)SCC1. The summed E-state index contributed by atoms with van der Waals surface area (Å²) in [4.78, 5) is 1.65. The van der Waals surface area contributed by atoms with Gasteiger partial charge in [0.2, 0.25) is 0 Å². The van der Waals surface area contributed by atoms with E-state index in [2.05, 4.69) is 78.5 Å². The van der Waals surface area contributed by atoms with Crippen LogP contribution in [-0.2, 0) is 12.8 Å². The van der Waals surface area contributed by atoms with Crippen LogP contribution in [0.15, 0.2) is 71.6 Å². The Morgan fingerprint density at radius 2 is 1.32 bits per heavy atom. The maximum atomic E-state index is 2.48. The molecule has 2 aromatic carbocycles. The lowest BCUT2D eigenvalue weighted by molar-refractivity contribution is 0.537.